The number of terminal acetylenes is 1. The van der Waals surface area contributed by atoms with E-state index in [1.165, 1.54) is 4.90 Å². The van der Waals surface area contributed by atoms with Crippen molar-refractivity contribution >= 4 is 11.6 Å². The minimum atomic E-state index is -0.0738. The Kier molecular flexibility index (Phi) is 5.05. The highest BCUT2D eigenvalue weighted by Crippen LogP contribution is 2.10. The smallest absolute Gasteiger partial charge is 0.255 e. The fourth-order valence-corrected chi connectivity index (χ4v) is 1.36. The summed E-state index contributed by atoms with van der Waals surface area (Å²) in [7, 11) is 3.24. The summed E-state index contributed by atoms with van der Waals surface area (Å²) in [5.41, 5.74) is 1.52. The Morgan fingerprint density at radius 3 is 2.65 bits per heavy atom. The molecule has 0 aromatic heterocycles. The van der Waals surface area contributed by atoms with Crippen LogP contribution < -0.4 is 5.32 Å². The first kappa shape index (κ1) is 13.1. The number of hydrogen-bond acceptors (Lipinski definition) is 3. The number of methoxy groups -OCH3 is 1. The van der Waals surface area contributed by atoms with Crippen molar-refractivity contribution in [2.45, 2.75) is 0 Å². The summed E-state index contributed by atoms with van der Waals surface area (Å²) in [5, 5.41) is 3.03. The van der Waals surface area contributed by atoms with E-state index in [2.05, 4.69) is 11.2 Å². The Morgan fingerprint density at radius 1 is 1.47 bits per heavy atom. The zero-order chi connectivity index (χ0) is 12.7. The standard InChI is InChI=1S/C13H16N2O2/c1-4-9-14-12-7-5-11(6-8-12)13(16)15(2)10-17-3/h1,5-8,14H,9-10H2,2-3H3. The molecule has 0 atom stereocenters. The van der Waals surface area contributed by atoms with Crippen molar-refractivity contribution in [3.63, 3.8) is 0 Å². The van der Waals surface area contributed by atoms with Crippen LogP contribution in [-0.4, -0.2) is 38.2 Å². The zero-order valence-electron chi connectivity index (χ0n) is 10.1. The predicted octanol–water partition coefficient (Wildman–Crippen LogP) is 1.41. The molecule has 1 N–H and O–H groups in total. The maximum atomic E-state index is 11.9. The molecule has 0 bridgehead atoms. The van der Waals surface area contributed by atoms with Crippen molar-refractivity contribution in [1.29, 1.82) is 0 Å². The van der Waals surface area contributed by atoms with Gasteiger partial charge >= 0.3 is 0 Å². The van der Waals surface area contributed by atoms with Gasteiger partial charge in [0.1, 0.15) is 6.73 Å². The zero-order valence-corrected chi connectivity index (χ0v) is 10.1. The van der Waals surface area contributed by atoms with E-state index in [0.29, 0.717) is 12.1 Å². The van der Waals surface area contributed by atoms with E-state index in [9.17, 15) is 4.79 Å². The predicted molar refractivity (Wildman–Crippen MR) is 67.7 cm³/mol. The lowest BCUT2D eigenvalue weighted by Crippen LogP contribution is -2.28. The van der Waals surface area contributed by atoms with Gasteiger partial charge in [0, 0.05) is 25.4 Å². The highest BCUT2D eigenvalue weighted by Gasteiger charge is 2.10. The highest BCUT2D eigenvalue weighted by atomic mass is 16.5. The van der Waals surface area contributed by atoms with Gasteiger partial charge in [0.15, 0.2) is 0 Å². The summed E-state index contributed by atoms with van der Waals surface area (Å²) in [6.45, 7) is 0.743. The molecule has 0 radical (unpaired) electrons. The fraction of sp³-hybridized carbons (Fsp3) is 0.308. The highest BCUT2D eigenvalue weighted by molar-refractivity contribution is 5.94. The van der Waals surface area contributed by atoms with E-state index in [1.807, 2.05) is 12.1 Å². The van der Waals surface area contributed by atoms with Crippen molar-refractivity contribution in [3.05, 3.63) is 29.8 Å². The van der Waals surface area contributed by atoms with Crippen molar-refractivity contribution in [3.8, 4) is 12.3 Å². The lowest BCUT2D eigenvalue weighted by Gasteiger charge is -2.15. The van der Waals surface area contributed by atoms with Crippen molar-refractivity contribution < 1.29 is 9.53 Å². The Morgan fingerprint density at radius 2 is 2.12 bits per heavy atom. The average Bonchev–Trinajstić information content (AvgIpc) is 2.36. The number of anilines is 1. The summed E-state index contributed by atoms with van der Waals surface area (Å²) in [4.78, 5) is 13.4. The molecular formula is C13H16N2O2. The molecule has 4 nitrogen and oxygen atoms in total. The first-order chi connectivity index (χ1) is 8.19. The van der Waals surface area contributed by atoms with Crippen LogP contribution in [-0.2, 0) is 4.74 Å². The summed E-state index contributed by atoms with van der Waals surface area (Å²) in [6, 6.07) is 7.16. The van der Waals surface area contributed by atoms with Gasteiger partial charge in [0.05, 0.1) is 6.54 Å². The van der Waals surface area contributed by atoms with Crippen molar-refractivity contribution in [1.82, 2.24) is 4.90 Å². The van der Waals surface area contributed by atoms with Gasteiger partial charge in [0.2, 0.25) is 0 Å². The second-order valence-corrected chi connectivity index (χ2v) is 3.56. The summed E-state index contributed by atoms with van der Waals surface area (Å²) in [6.07, 6.45) is 5.14. The quantitative estimate of drug-likeness (QED) is 0.616. The molecule has 1 aromatic carbocycles. The van der Waals surface area contributed by atoms with Gasteiger partial charge in [-0.15, -0.1) is 6.42 Å². The first-order valence-electron chi connectivity index (χ1n) is 5.21. The van der Waals surface area contributed by atoms with Gasteiger partial charge in [-0.3, -0.25) is 4.79 Å². The van der Waals surface area contributed by atoms with Gasteiger partial charge in [-0.1, -0.05) is 5.92 Å². The first-order valence-corrected chi connectivity index (χ1v) is 5.21. The summed E-state index contributed by atoms with van der Waals surface area (Å²) < 4.78 is 4.89. The molecule has 0 heterocycles. The molecule has 0 aliphatic rings. The largest absolute Gasteiger partial charge is 0.374 e. The molecule has 90 valence electrons. The van der Waals surface area contributed by atoms with Crippen LogP contribution in [0, 0.1) is 12.3 Å². The maximum absolute atomic E-state index is 11.9. The number of hydrogen-bond donors (Lipinski definition) is 1. The van der Waals surface area contributed by atoms with Crippen molar-refractivity contribution in [2.75, 3.05) is 32.7 Å². The molecule has 0 aliphatic carbocycles. The maximum Gasteiger partial charge on any atom is 0.255 e. The average molecular weight is 232 g/mol. The van der Waals surface area contributed by atoms with Crippen LogP contribution in [0.1, 0.15) is 10.4 Å². The van der Waals surface area contributed by atoms with E-state index < -0.39 is 0 Å². The molecule has 17 heavy (non-hydrogen) atoms. The molecule has 1 rings (SSSR count). The molecule has 0 unspecified atom stereocenters. The van der Waals surface area contributed by atoms with Crippen LogP contribution in [0.4, 0.5) is 5.69 Å². The number of amides is 1. The lowest BCUT2D eigenvalue weighted by molar-refractivity contribution is 0.0507. The van der Waals surface area contributed by atoms with Gasteiger partial charge in [-0.25, -0.2) is 0 Å². The van der Waals surface area contributed by atoms with Crippen LogP contribution in [0.3, 0.4) is 0 Å². The molecule has 0 aliphatic heterocycles. The van der Waals surface area contributed by atoms with Crippen LogP contribution in [0.2, 0.25) is 0 Å². The van der Waals surface area contributed by atoms with Crippen LogP contribution in [0.5, 0.6) is 0 Å². The third kappa shape index (κ3) is 3.82. The molecule has 1 amide bonds. The molecule has 1 aromatic rings. The number of rotatable bonds is 5. The van der Waals surface area contributed by atoms with E-state index in [0.717, 1.165) is 5.69 Å². The molecular weight excluding hydrogens is 216 g/mol. The number of nitrogens with zero attached hydrogens (tertiary/aromatic N) is 1. The third-order valence-electron chi connectivity index (χ3n) is 2.20. The second kappa shape index (κ2) is 6.56. The minimum absolute atomic E-state index is 0.0738. The van der Waals surface area contributed by atoms with Gasteiger partial charge in [-0.05, 0) is 24.3 Å². The van der Waals surface area contributed by atoms with Crippen LogP contribution >= 0.6 is 0 Å². The summed E-state index contributed by atoms with van der Waals surface area (Å²) >= 11 is 0. The molecule has 4 heteroatoms. The van der Waals surface area contributed by atoms with Crippen LogP contribution in [0.25, 0.3) is 0 Å². The number of ether oxygens (including phenoxy) is 1. The topological polar surface area (TPSA) is 41.6 Å². The fourth-order valence-electron chi connectivity index (χ4n) is 1.36. The Bertz CT molecular complexity index is 406. The summed E-state index contributed by atoms with van der Waals surface area (Å²) in [5.74, 6) is 2.41. The Hall–Kier alpha value is -1.99. The monoisotopic (exact) mass is 232 g/mol. The van der Waals surface area contributed by atoms with Gasteiger partial charge < -0.3 is 15.0 Å². The molecule has 0 fully saturated rings. The molecule has 0 spiro atoms. The van der Waals surface area contributed by atoms with E-state index in [-0.39, 0.29) is 12.6 Å². The van der Waals surface area contributed by atoms with E-state index in [4.69, 9.17) is 11.2 Å². The number of nitrogens with one attached hydrogen (secondary N) is 1. The number of benzene rings is 1. The van der Waals surface area contributed by atoms with Gasteiger partial charge in [0.25, 0.3) is 5.91 Å². The molecule has 0 saturated heterocycles. The minimum Gasteiger partial charge on any atom is -0.374 e. The second-order valence-electron chi connectivity index (χ2n) is 3.56. The van der Waals surface area contributed by atoms with E-state index in [1.54, 1.807) is 26.3 Å². The third-order valence-corrected chi connectivity index (χ3v) is 2.20. The lowest BCUT2D eigenvalue weighted by atomic mass is 10.2. The number of carbonyl (C=O) groups is 1. The normalized spacial score (nSPS) is 9.47. The Balaban J connectivity index is 2.67. The number of carbonyl (C=O) groups excluding carboxylic acids is 1. The van der Waals surface area contributed by atoms with Gasteiger partial charge in [-0.2, -0.15) is 0 Å². The molecule has 0 saturated carbocycles. The van der Waals surface area contributed by atoms with E-state index >= 15 is 0 Å². The van der Waals surface area contributed by atoms with Crippen molar-refractivity contribution in [2.24, 2.45) is 0 Å². The SMILES string of the molecule is C#CCNc1ccc(C(=O)N(C)COC)cc1. The Labute approximate surface area is 102 Å². The van der Waals surface area contributed by atoms with Crippen LogP contribution in [0.15, 0.2) is 24.3 Å².